The van der Waals surface area contributed by atoms with Gasteiger partial charge in [0.2, 0.25) is 0 Å². The predicted molar refractivity (Wildman–Crippen MR) is 75.7 cm³/mol. The van der Waals surface area contributed by atoms with Crippen LogP contribution in [0, 0.1) is 22.7 Å². The van der Waals surface area contributed by atoms with Crippen molar-refractivity contribution >= 4 is 0 Å². The second kappa shape index (κ2) is 6.07. The first-order valence-electron chi connectivity index (χ1n) is 7.13. The Hall–Kier alpha value is 0. The van der Waals surface area contributed by atoms with E-state index in [4.69, 9.17) is 0 Å². The van der Waals surface area contributed by atoms with E-state index in [0.29, 0.717) is 10.8 Å². The zero-order valence-corrected chi connectivity index (χ0v) is 13.0. The third kappa shape index (κ3) is 4.89. The van der Waals surface area contributed by atoms with Gasteiger partial charge in [-0.3, -0.25) is 0 Å². The average Bonchev–Trinajstić information content (AvgIpc) is 2.15. The predicted octanol–water partition coefficient (Wildman–Crippen LogP) is 5.91. The van der Waals surface area contributed by atoms with E-state index in [2.05, 4.69) is 55.4 Å². The fourth-order valence-electron chi connectivity index (χ4n) is 2.09. The fourth-order valence-corrected chi connectivity index (χ4v) is 2.09. The molecule has 0 nitrogen and oxygen atoms in total. The van der Waals surface area contributed by atoms with Crippen molar-refractivity contribution in [1.82, 2.24) is 0 Å². The van der Waals surface area contributed by atoms with Crippen LogP contribution in [0.1, 0.15) is 81.1 Å². The Morgan fingerprint density at radius 2 is 1.25 bits per heavy atom. The van der Waals surface area contributed by atoms with Gasteiger partial charge in [0.25, 0.3) is 0 Å². The summed E-state index contributed by atoms with van der Waals surface area (Å²) in [5.41, 5.74) is 1.02. The topological polar surface area (TPSA) is 0 Å². The molecule has 0 aromatic carbocycles. The quantitative estimate of drug-likeness (QED) is 0.506. The highest BCUT2D eigenvalue weighted by Gasteiger charge is 2.26. The molecule has 0 spiro atoms. The molecule has 0 amide bonds. The lowest BCUT2D eigenvalue weighted by Crippen LogP contribution is -2.23. The molecule has 16 heavy (non-hydrogen) atoms. The standard InChI is InChI=1S/C16H34/c1-9-14(4)16(7,8)12-10-11-15(5,6)13(2)3/h13-14H,9-12H2,1-8H3. The van der Waals surface area contributed by atoms with Gasteiger partial charge in [-0.15, -0.1) is 0 Å². The van der Waals surface area contributed by atoms with Gasteiger partial charge < -0.3 is 0 Å². The first-order chi connectivity index (χ1) is 7.13. The Labute approximate surface area is 104 Å². The van der Waals surface area contributed by atoms with E-state index in [9.17, 15) is 0 Å². The first-order valence-corrected chi connectivity index (χ1v) is 7.13. The van der Waals surface area contributed by atoms with E-state index >= 15 is 0 Å². The van der Waals surface area contributed by atoms with E-state index < -0.39 is 0 Å². The van der Waals surface area contributed by atoms with Crippen molar-refractivity contribution in [3.8, 4) is 0 Å². The lowest BCUT2D eigenvalue weighted by atomic mass is 9.71. The number of hydrogen-bond acceptors (Lipinski definition) is 0. The number of rotatable bonds is 7. The molecule has 0 heterocycles. The van der Waals surface area contributed by atoms with E-state index in [1.165, 1.54) is 25.7 Å². The van der Waals surface area contributed by atoms with Crippen LogP contribution in [0.5, 0.6) is 0 Å². The van der Waals surface area contributed by atoms with Crippen molar-refractivity contribution < 1.29 is 0 Å². The molecule has 0 aliphatic carbocycles. The van der Waals surface area contributed by atoms with Crippen molar-refractivity contribution in [1.29, 1.82) is 0 Å². The summed E-state index contributed by atoms with van der Waals surface area (Å²) in [6, 6.07) is 0. The van der Waals surface area contributed by atoms with E-state index in [-0.39, 0.29) is 0 Å². The molecule has 1 atom stereocenters. The van der Waals surface area contributed by atoms with Crippen molar-refractivity contribution in [2.24, 2.45) is 22.7 Å². The SMILES string of the molecule is CCC(C)C(C)(C)CCCC(C)(C)C(C)C. The highest BCUT2D eigenvalue weighted by Crippen LogP contribution is 2.38. The van der Waals surface area contributed by atoms with Crippen LogP contribution in [0.15, 0.2) is 0 Å². The summed E-state index contributed by atoms with van der Waals surface area (Å²) in [5, 5.41) is 0. The lowest BCUT2D eigenvalue weighted by Gasteiger charge is -2.34. The van der Waals surface area contributed by atoms with Crippen molar-refractivity contribution in [3.05, 3.63) is 0 Å². The van der Waals surface area contributed by atoms with Gasteiger partial charge in [-0.05, 0) is 35.5 Å². The van der Waals surface area contributed by atoms with Crippen LogP contribution in [0.25, 0.3) is 0 Å². The Bertz CT molecular complexity index is 186. The van der Waals surface area contributed by atoms with Crippen molar-refractivity contribution in [2.75, 3.05) is 0 Å². The first kappa shape index (κ1) is 16.0. The van der Waals surface area contributed by atoms with E-state index in [1.807, 2.05) is 0 Å². The van der Waals surface area contributed by atoms with Gasteiger partial charge in [0.1, 0.15) is 0 Å². The Balaban J connectivity index is 4.08. The normalized spacial score (nSPS) is 15.6. The van der Waals surface area contributed by atoms with Crippen molar-refractivity contribution in [3.63, 3.8) is 0 Å². The second-order valence-electron chi connectivity index (χ2n) is 7.29. The van der Waals surface area contributed by atoms with Gasteiger partial charge in [-0.2, -0.15) is 0 Å². The Kier molecular flexibility index (Phi) is 6.07. The van der Waals surface area contributed by atoms with Crippen LogP contribution in [0.3, 0.4) is 0 Å². The minimum Gasteiger partial charge on any atom is -0.0651 e. The van der Waals surface area contributed by atoms with Gasteiger partial charge in [0.05, 0.1) is 0 Å². The molecule has 0 aromatic rings. The zero-order chi connectivity index (χ0) is 13.0. The molecule has 0 aromatic heterocycles. The molecule has 0 N–H and O–H groups in total. The molecular weight excluding hydrogens is 192 g/mol. The maximum atomic E-state index is 2.43. The fraction of sp³-hybridized carbons (Fsp3) is 1.00. The highest BCUT2D eigenvalue weighted by atomic mass is 14.3. The largest absolute Gasteiger partial charge is 0.0651 e. The summed E-state index contributed by atoms with van der Waals surface area (Å²) in [6.07, 6.45) is 5.42. The van der Waals surface area contributed by atoms with Gasteiger partial charge >= 0.3 is 0 Å². The average molecular weight is 226 g/mol. The van der Waals surface area contributed by atoms with E-state index in [1.54, 1.807) is 0 Å². The lowest BCUT2D eigenvalue weighted by molar-refractivity contribution is 0.167. The van der Waals surface area contributed by atoms with Gasteiger partial charge in [-0.25, -0.2) is 0 Å². The third-order valence-electron chi connectivity index (χ3n) is 5.15. The van der Waals surface area contributed by atoms with Crippen LogP contribution in [0.4, 0.5) is 0 Å². The summed E-state index contributed by atoms with van der Waals surface area (Å²) in [7, 11) is 0. The second-order valence-corrected chi connectivity index (χ2v) is 7.29. The number of hydrogen-bond donors (Lipinski definition) is 0. The molecule has 1 unspecified atom stereocenters. The highest BCUT2D eigenvalue weighted by molar-refractivity contribution is 4.77. The summed E-state index contributed by atoms with van der Waals surface area (Å²) < 4.78 is 0. The zero-order valence-electron chi connectivity index (χ0n) is 13.0. The van der Waals surface area contributed by atoms with Crippen molar-refractivity contribution in [2.45, 2.75) is 81.1 Å². The minimum atomic E-state index is 0.505. The van der Waals surface area contributed by atoms with E-state index in [0.717, 1.165) is 11.8 Å². The molecule has 0 saturated carbocycles. The third-order valence-corrected chi connectivity index (χ3v) is 5.15. The van der Waals surface area contributed by atoms with Crippen LogP contribution in [0.2, 0.25) is 0 Å². The summed E-state index contributed by atoms with van der Waals surface area (Å²) in [4.78, 5) is 0. The maximum absolute atomic E-state index is 2.43. The Morgan fingerprint density at radius 3 is 1.62 bits per heavy atom. The molecule has 0 aliphatic heterocycles. The molecular formula is C16H34. The smallest absolute Gasteiger partial charge is 0.0329 e. The molecule has 0 bridgehead atoms. The van der Waals surface area contributed by atoms with Gasteiger partial charge in [0.15, 0.2) is 0 Å². The minimum absolute atomic E-state index is 0.505. The molecule has 0 heteroatoms. The maximum Gasteiger partial charge on any atom is -0.0329 e. The van der Waals surface area contributed by atoms with Crippen LogP contribution < -0.4 is 0 Å². The molecule has 98 valence electrons. The van der Waals surface area contributed by atoms with Crippen LogP contribution in [-0.2, 0) is 0 Å². The Morgan fingerprint density at radius 1 is 0.812 bits per heavy atom. The summed E-state index contributed by atoms with van der Waals surface area (Å²) in [5.74, 6) is 1.63. The summed E-state index contributed by atoms with van der Waals surface area (Å²) in [6.45, 7) is 19.1. The summed E-state index contributed by atoms with van der Waals surface area (Å²) >= 11 is 0. The van der Waals surface area contributed by atoms with Crippen LogP contribution in [-0.4, -0.2) is 0 Å². The van der Waals surface area contributed by atoms with Gasteiger partial charge in [0, 0.05) is 0 Å². The molecule has 0 rings (SSSR count). The van der Waals surface area contributed by atoms with Crippen LogP contribution >= 0.6 is 0 Å². The molecule has 0 aliphatic rings. The monoisotopic (exact) mass is 226 g/mol. The van der Waals surface area contributed by atoms with Gasteiger partial charge in [-0.1, -0.05) is 68.2 Å². The molecule has 0 radical (unpaired) electrons. The molecule has 0 fully saturated rings. The molecule has 0 saturated heterocycles.